The van der Waals surface area contributed by atoms with E-state index in [9.17, 15) is 0 Å². The lowest BCUT2D eigenvalue weighted by atomic mass is 10.1. The van der Waals surface area contributed by atoms with E-state index in [0.29, 0.717) is 12.1 Å². The van der Waals surface area contributed by atoms with Gasteiger partial charge in [-0.1, -0.05) is 40.2 Å². The molecule has 0 atom stereocenters. The van der Waals surface area contributed by atoms with E-state index in [4.69, 9.17) is 11.0 Å². The Kier molecular flexibility index (Phi) is 6.60. The highest BCUT2D eigenvalue weighted by molar-refractivity contribution is 9.10. The van der Waals surface area contributed by atoms with E-state index < -0.39 is 0 Å². The van der Waals surface area contributed by atoms with Gasteiger partial charge in [-0.2, -0.15) is 5.26 Å². The lowest BCUT2D eigenvalue weighted by Gasteiger charge is -2.22. The third kappa shape index (κ3) is 5.27. The quantitative estimate of drug-likeness (QED) is 0.822. The number of nitrogens with two attached hydrogens (primary N) is 1. The second-order valence-corrected chi connectivity index (χ2v) is 6.21. The zero-order chi connectivity index (χ0) is 15.8. The van der Waals surface area contributed by atoms with Crippen molar-refractivity contribution in [3.8, 4) is 6.07 Å². The van der Waals surface area contributed by atoms with Crippen molar-refractivity contribution in [2.24, 2.45) is 5.73 Å². The molecule has 22 heavy (non-hydrogen) atoms. The largest absolute Gasteiger partial charge is 0.330 e. The van der Waals surface area contributed by atoms with E-state index in [1.165, 1.54) is 11.1 Å². The zero-order valence-electron chi connectivity index (χ0n) is 12.5. The minimum absolute atomic E-state index is 0.697. The van der Waals surface area contributed by atoms with Crippen molar-refractivity contribution in [1.29, 1.82) is 5.26 Å². The molecule has 0 amide bonds. The third-order valence-corrected chi connectivity index (χ3v) is 3.96. The van der Waals surface area contributed by atoms with Crippen molar-refractivity contribution in [3.63, 3.8) is 0 Å². The molecule has 0 radical (unpaired) electrons. The first kappa shape index (κ1) is 16.7. The fourth-order valence-electron chi connectivity index (χ4n) is 2.37. The lowest BCUT2D eigenvalue weighted by molar-refractivity contribution is 0.255. The van der Waals surface area contributed by atoms with Gasteiger partial charge in [0.1, 0.15) is 0 Å². The molecule has 0 saturated heterocycles. The summed E-state index contributed by atoms with van der Waals surface area (Å²) in [4.78, 5) is 2.38. The summed E-state index contributed by atoms with van der Waals surface area (Å²) < 4.78 is 1.10. The summed E-state index contributed by atoms with van der Waals surface area (Å²) in [5.74, 6) is 0. The molecule has 0 aliphatic heterocycles. The summed E-state index contributed by atoms with van der Waals surface area (Å²) in [6.07, 6.45) is 0.976. The van der Waals surface area contributed by atoms with Crippen LogP contribution in [-0.4, -0.2) is 18.0 Å². The molecule has 4 heteroatoms. The van der Waals surface area contributed by atoms with E-state index in [0.717, 1.165) is 30.5 Å². The van der Waals surface area contributed by atoms with Gasteiger partial charge in [0.25, 0.3) is 0 Å². The second kappa shape index (κ2) is 8.70. The van der Waals surface area contributed by atoms with E-state index in [1.807, 2.05) is 30.3 Å². The van der Waals surface area contributed by atoms with Crippen LogP contribution in [-0.2, 0) is 13.1 Å². The smallest absolute Gasteiger partial charge is 0.0991 e. The van der Waals surface area contributed by atoms with Crippen LogP contribution in [0.2, 0.25) is 0 Å². The number of hydrogen-bond acceptors (Lipinski definition) is 3. The van der Waals surface area contributed by atoms with E-state index in [1.54, 1.807) is 0 Å². The topological polar surface area (TPSA) is 53.0 Å². The Morgan fingerprint density at radius 3 is 2.41 bits per heavy atom. The summed E-state index contributed by atoms with van der Waals surface area (Å²) in [6, 6.07) is 18.3. The van der Waals surface area contributed by atoms with Crippen LogP contribution in [0.5, 0.6) is 0 Å². The molecule has 0 aliphatic carbocycles. The molecule has 0 fully saturated rings. The van der Waals surface area contributed by atoms with Gasteiger partial charge in [0.15, 0.2) is 0 Å². The molecule has 3 nitrogen and oxygen atoms in total. The molecule has 0 unspecified atom stereocenters. The maximum Gasteiger partial charge on any atom is 0.0991 e. The Morgan fingerprint density at radius 1 is 1.05 bits per heavy atom. The monoisotopic (exact) mass is 357 g/mol. The molecular formula is C18H20BrN3. The number of rotatable bonds is 7. The Balaban J connectivity index is 2.06. The Hall–Kier alpha value is -1.67. The molecule has 2 aromatic carbocycles. The first-order chi connectivity index (χ1) is 10.7. The van der Waals surface area contributed by atoms with Crippen molar-refractivity contribution in [2.75, 3.05) is 13.1 Å². The maximum atomic E-state index is 8.87. The summed E-state index contributed by atoms with van der Waals surface area (Å²) in [5, 5.41) is 8.87. The SMILES string of the molecule is N#Cc1ccc(CN(CCCN)Cc2cccc(Br)c2)cc1. The van der Waals surface area contributed by atoms with Crippen LogP contribution in [0.15, 0.2) is 53.0 Å². The summed E-state index contributed by atoms with van der Waals surface area (Å²) in [5.41, 5.74) is 8.85. The van der Waals surface area contributed by atoms with Crippen LogP contribution < -0.4 is 5.73 Å². The molecule has 2 aromatic rings. The van der Waals surface area contributed by atoms with E-state index in [2.05, 4.69) is 45.1 Å². The van der Waals surface area contributed by atoms with Crippen LogP contribution in [0.3, 0.4) is 0 Å². The average Bonchev–Trinajstić information content (AvgIpc) is 2.53. The summed E-state index contributed by atoms with van der Waals surface area (Å²) in [6.45, 7) is 3.41. The van der Waals surface area contributed by atoms with Gasteiger partial charge in [-0.3, -0.25) is 4.90 Å². The molecular weight excluding hydrogens is 338 g/mol. The lowest BCUT2D eigenvalue weighted by Crippen LogP contribution is -2.25. The normalized spacial score (nSPS) is 10.6. The van der Waals surface area contributed by atoms with Crippen molar-refractivity contribution in [3.05, 3.63) is 69.7 Å². The van der Waals surface area contributed by atoms with Gasteiger partial charge in [-0.15, -0.1) is 0 Å². The van der Waals surface area contributed by atoms with Crippen LogP contribution in [0.1, 0.15) is 23.1 Å². The molecule has 0 bridgehead atoms. The fourth-order valence-corrected chi connectivity index (χ4v) is 2.81. The highest BCUT2D eigenvalue weighted by atomic mass is 79.9. The Labute approximate surface area is 140 Å². The highest BCUT2D eigenvalue weighted by Crippen LogP contribution is 2.15. The molecule has 114 valence electrons. The Bertz CT molecular complexity index is 632. The average molecular weight is 358 g/mol. The van der Waals surface area contributed by atoms with Gasteiger partial charge in [-0.05, 0) is 48.4 Å². The van der Waals surface area contributed by atoms with Gasteiger partial charge in [0, 0.05) is 24.1 Å². The van der Waals surface area contributed by atoms with Crippen molar-refractivity contribution in [2.45, 2.75) is 19.5 Å². The van der Waals surface area contributed by atoms with Crippen LogP contribution >= 0.6 is 15.9 Å². The maximum absolute atomic E-state index is 8.87. The fraction of sp³-hybridized carbons (Fsp3) is 0.278. The summed E-state index contributed by atoms with van der Waals surface area (Å²) in [7, 11) is 0. The molecule has 0 saturated carbocycles. The van der Waals surface area contributed by atoms with Gasteiger partial charge < -0.3 is 5.73 Å². The van der Waals surface area contributed by atoms with Crippen molar-refractivity contribution >= 4 is 15.9 Å². The van der Waals surface area contributed by atoms with Crippen LogP contribution in [0.4, 0.5) is 0 Å². The molecule has 0 aliphatic rings. The number of nitriles is 1. The highest BCUT2D eigenvalue weighted by Gasteiger charge is 2.07. The number of benzene rings is 2. The molecule has 2 N–H and O–H groups in total. The van der Waals surface area contributed by atoms with Gasteiger partial charge >= 0.3 is 0 Å². The first-order valence-corrected chi connectivity index (χ1v) is 8.16. The standard InChI is InChI=1S/C18H20BrN3/c19-18-4-1-3-17(11-18)14-22(10-2-9-20)13-16-7-5-15(12-21)6-8-16/h1,3-8,11H,2,9-10,13-14,20H2. The molecule has 0 aromatic heterocycles. The minimum atomic E-state index is 0.697. The molecule has 0 spiro atoms. The van der Waals surface area contributed by atoms with Crippen LogP contribution in [0.25, 0.3) is 0 Å². The minimum Gasteiger partial charge on any atom is -0.330 e. The third-order valence-electron chi connectivity index (χ3n) is 3.46. The number of nitrogens with zero attached hydrogens (tertiary/aromatic N) is 2. The number of halogens is 1. The van der Waals surface area contributed by atoms with E-state index >= 15 is 0 Å². The predicted molar refractivity (Wildman–Crippen MR) is 93.1 cm³/mol. The number of hydrogen-bond donors (Lipinski definition) is 1. The van der Waals surface area contributed by atoms with E-state index in [-0.39, 0.29) is 0 Å². The van der Waals surface area contributed by atoms with Gasteiger partial charge in [0.2, 0.25) is 0 Å². The van der Waals surface area contributed by atoms with Crippen molar-refractivity contribution in [1.82, 2.24) is 4.90 Å². The van der Waals surface area contributed by atoms with Crippen molar-refractivity contribution < 1.29 is 0 Å². The zero-order valence-corrected chi connectivity index (χ0v) is 14.1. The van der Waals surface area contributed by atoms with Crippen LogP contribution in [0, 0.1) is 11.3 Å². The molecule has 0 heterocycles. The summed E-state index contributed by atoms with van der Waals surface area (Å²) >= 11 is 3.52. The first-order valence-electron chi connectivity index (χ1n) is 7.37. The molecule has 2 rings (SSSR count). The van der Waals surface area contributed by atoms with Gasteiger partial charge in [0.05, 0.1) is 11.6 Å². The Morgan fingerprint density at radius 2 is 1.77 bits per heavy atom. The van der Waals surface area contributed by atoms with Gasteiger partial charge in [-0.25, -0.2) is 0 Å². The second-order valence-electron chi connectivity index (χ2n) is 5.29. The predicted octanol–water partition coefficient (Wildman–Crippen LogP) is 3.67.